The highest BCUT2D eigenvalue weighted by Crippen LogP contribution is 2.23. The number of nitrogens with zero attached hydrogens (tertiary/aromatic N) is 1. The second-order valence-corrected chi connectivity index (χ2v) is 6.58. The number of aromatic amines is 1. The van der Waals surface area contributed by atoms with Crippen molar-refractivity contribution in [2.24, 2.45) is 0 Å². The maximum Gasteiger partial charge on any atom is 0.228 e. The van der Waals surface area contributed by atoms with Crippen LogP contribution in [0.4, 0.5) is 5.69 Å². The zero-order chi connectivity index (χ0) is 18.6. The van der Waals surface area contributed by atoms with Gasteiger partial charge in [0.05, 0.1) is 17.5 Å². The number of benzene rings is 3. The van der Waals surface area contributed by atoms with Crippen molar-refractivity contribution in [3.8, 4) is 11.4 Å². The van der Waals surface area contributed by atoms with Crippen LogP contribution in [0.2, 0.25) is 0 Å². The number of aromatic nitrogens is 2. The number of imidazole rings is 1. The van der Waals surface area contributed by atoms with Crippen molar-refractivity contribution in [3.05, 3.63) is 83.9 Å². The molecule has 0 aliphatic heterocycles. The zero-order valence-corrected chi connectivity index (χ0v) is 15.2. The van der Waals surface area contributed by atoms with Gasteiger partial charge in [-0.05, 0) is 41.8 Å². The van der Waals surface area contributed by atoms with Crippen LogP contribution in [0.25, 0.3) is 22.4 Å². The molecule has 4 rings (SSSR count). The Morgan fingerprint density at radius 2 is 1.74 bits per heavy atom. The number of hydrogen-bond donors (Lipinski definition) is 2. The summed E-state index contributed by atoms with van der Waals surface area (Å²) in [4.78, 5) is 20.3. The van der Waals surface area contributed by atoms with Crippen molar-refractivity contribution in [2.75, 3.05) is 5.32 Å². The standard InChI is InChI=1S/C23H21N3O/c1-2-16-10-12-17(13-11-16)14-22(27)24-19-7-5-6-18(15-19)23-25-20-8-3-4-9-21(20)26-23/h3-13,15H,2,14H2,1H3,(H,24,27)(H,25,26). The van der Waals surface area contributed by atoms with Crippen molar-refractivity contribution in [2.45, 2.75) is 19.8 Å². The largest absolute Gasteiger partial charge is 0.338 e. The summed E-state index contributed by atoms with van der Waals surface area (Å²) in [5.74, 6) is 0.767. The smallest absolute Gasteiger partial charge is 0.228 e. The minimum absolute atomic E-state index is 0.0268. The third-order valence-electron chi connectivity index (χ3n) is 4.61. The van der Waals surface area contributed by atoms with Crippen LogP contribution in [0.3, 0.4) is 0 Å². The Labute approximate surface area is 158 Å². The first-order chi connectivity index (χ1) is 13.2. The van der Waals surface area contributed by atoms with E-state index in [1.165, 1.54) is 5.56 Å². The van der Waals surface area contributed by atoms with Crippen LogP contribution in [0.1, 0.15) is 18.1 Å². The lowest BCUT2D eigenvalue weighted by molar-refractivity contribution is -0.115. The lowest BCUT2D eigenvalue weighted by Gasteiger charge is -2.07. The SMILES string of the molecule is CCc1ccc(CC(=O)Nc2cccc(-c3nc4ccccc4[nH]3)c2)cc1. The fourth-order valence-corrected chi connectivity index (χ4v) is 3.12. The lowest BCUT2D eigenvalue weighted by atomic mass is 10.1. The van der Waals surface area contributed by atoms with Crippen LogP contribution in [0, 0.1) is 0 Å². The van der Waals surface area contributed by atoms with Crippen LogP contribution < -0.4 is 5.32 Å². The molecule has 0 aliphatic carbocycles. The summed E-state index contributed by atoms with van der Waals surface area (Å²) >= 11 is 0. The third kappa shape index (κ3) is 3.90. The van der Waals surface area contributed by atoms with E-state index in [4.69, 9.17) is 0 Å². The number of para-hydroxylation sites is 2. The average Bonchev–Trinajstić information content (AvgIpc) is 3.13. The molecule has 0 unspecified atom stereocenters. The van der Waals surface area contributed by atoms with Gasteiger partial charge >= 0.3 is 0 Å². The molecule has 4 aromatic rings. The second-order valence-electron chi connectivity index (χ2n) is 6.58. The molecular weight excluding hydrogens is 334 g/mol. The highest BCUT2D eigenvalue weighted by molar-refractivity contribution is 5.93. The maximum atomic E-state index is 12.4. The van der Waals surface area contributed by atoms with Crippen molar-refractivity contribution < 1.29 is 4.79 Å². The Bertz CT molecular complexity index is 1050. The first-order valence-electron chi connectivity index (χ1n) is 9.14. The molecule has 4 heteroatoms. The van der Waals surface area contributed by atoms with E-state index in [2.05, 4.69) is 34.3 Å². The molecular formula is C23H21N3O. The molecule has 0 spiro atoms. The molecule has 0 fully saturated rings. The van der Waals surface area contributed by atoms with Gasteiger partial charge in [0.2, 0.25) is 5.91 Å². The second kappa shape index (κ2) is 7.46. The minimum Gasteiger partial charge on any atom is -0.338 e. The van der Waals surface area contributed by atoms with Gasteiger partial charge in [-0.1, -0.05) is 55.5 Å². The van der Waals surface area contributed by atoms with E-state index < -0.39 is 0 Å². The van der Waals surface area contributed by atoms with Crippen molar-refractivity contribution in [1.29, 1.82) is 0 Å². The third-order valence-corrected chi connectivity index (χ3v) is 4.61. The molecule has 0 atom stereocenters. The molecule has 27 heavy (non-hydrogen) atoms. The molecule has 134 valence electrons. The van der Waals surface area contributed by atoms with E-state index in [-0.39, 0.29) is 5.91 Å². The van der Waals surface area contributed by atoms with E-state index in [1.54, 1.807) is 0 Å². The van der Waals surface area contributed by atoms with E-state index in [1.807, 2.05) is 60.7 Å². The molecule has 1 amide bonds. The van der Waals surface area contributed by atoms with Crippen LogP contribution >= 0.6 is 0 Å². The Morgan fingerprint density at radius 3 is 2.52 bits per heavy atom. The Balaban J connectivity index is 1.49. The van der Waals surface area contributed by atoms with E-state index in [0.29, 0.717) is 6.42 Å². The van der Waals surface area contributed by atoms with E-state index in [9.17, 15) is 4.79 Å². The molecule has 3 aromatic carbocycles. The average molecular weight is 355 g/mol. The topological polar surface area (TPSA) is 57.8 Å². The van der Waals surface area contributed by atoms with Gasteiger partial charge in [-0.25, -0.2) is 4.98 Å². The molecule has 0 radical (unpaired) electrons. The number of H-pyrrole nitrogens is 1. The predicted molar refractivity (Wildman–Crippen MR) is 110 cm³/mol. The number of rotatable bonds is 5. The van der Waals surface area contributed by atoms with E-state index in [0.717, 1.165) is 40.1 Å². The summed E-state index contributed by atoms with van der Waals surface area (Å²) in [5, 5.41) is 2.98. The van der Waals surface area contributed by atoms with Gasteiger partial charge in [-0.15, -0.1) is 0 Å². The van der Waals surface area contributed by atoms with Gasteiger partial charge in [-0.2, -0.15) is 0 Å². The van der Waals surface area contributed by atoms with E-state index >= 15 is 0 Å². The van der Waals surface area contributed by atoms with Gasteiger partial charge in [0.1, 0.15) is 5.82 Å². The van der Waals surface area contributed by atoms with Gasteiger partial charge < -0.3 is 10.3 Å². The summed E-state index contributed by atoms with van der Waals surface area (Å²) < 4.78 is 0. The summed E-state index contributed by atoms with van der Waals surface area (Å²) in [6, 6.07) is 23.9. The number of anilines is 1. The first-order valence-corrected chi connectivity index (χ1v) is 9.14. The van der Waals surface area contributed by atoms with Crippen LogP contribution in [0.5, 0.6) is 0 Å². The Hall–Kier alpha value is -3.40. The van der Waals surface area contributed by atoms with Gasteiger partial charge in [0, 0.05) is 11.3 Å². The van der Waals surface area contributed by atoms with Crippen LogP contribution in [-0.4, -0.2) is 15.9 Å². The number of amides is 1. The minimum atomic E-state index is -0.0268. The van der Waals surface area contributed by atoms with Crippen molar-refractivity contribution >= 4 is 22.6 Å². The summed E-state index contributed by atoms with van der Waals surface area (Å²) in [6.45, 7) is 2.12. The predicted octanol–water partition coefficient (Wildman–Crippen LogP) is 4.97. The molecule has 0 bridgehead atoms. The number of hydrogen-bond acceptors (Lipinski definition) is 2. The van der Waals surface area contributed by atoms with Gasteiger partial charge in [-0.3, -0.25) is 4.79 Å². The number of nitrogens with one attached hydrogen (secondary N) is 2. The molecule has 0 saturated heterocycles. The quantitative estimate of drug-likeness (QED) is 0.531. The fraction of sp³-hybridized carbons (Fsp3) is 0.130. The molecule has 0 saturated carbocycles. The molecule has 2 N–H and O–H groups in total. The van der Waals surface area contributed by atoms with Gasteiger partial charge in [0.25, 0.3) is 0 Å². The molecule has 1 aromatic heterocycles. The highest BCUT2D eigenvalue weighted by Gasteiger charge is 2.08. The molecule has 0 aliphatic rings. The molecule has 1 heterocycles. The summed E-state index contributed by atoms with van der Waals surface area (Å²) in [5.41, 5.74) is 5.92. The van der Waals surface area contributed by atoms with Gasteiger partial charge in [0.15, 0.2) is 0 Å². The van der Waals surface area contributed by atoms with Crippen molar-refractivity contribution in [3.63, 3.8) is 0 Å². The number of aryl methyl sites for hydroxylation is 1. The monoisotopic (exact) mass is 355 g/mol. The van der Waals surface area contributed by atoms with Crippen LogP contribution in [0.15, 0.2) is 72.8 Å². The zero-order valence-electron chi connectivity index (χ0n) is 15.2. The summed E-state index contributed by atoms with van der Waals surface area (Å²) in [6.07, 6.45) is 1.36. The van der Waals surface area contributed by atoms with Crippen LogP contribution in [-0.2, 0) is 17.6 Å². The highest BCUT2D eigenvalue weighted by atomic mass is 16.1. The maximum absolute atomic E-state index is 12.4. The number of carbonyl (C=O) groups is 1. The molecule has 4 nitrogen and oxygen atoms in total. The number of carbonyl (C=O) groups excluding carboxylic acids is 1. The lowest BCUT2D eigenvalue weighted by Crippen LogP contribution is -2.14. The summed E-state index contributed by atoms with van der Waals surface area (Å²) in [7, 11) is 0. The Morgan fingerprint density at radius 1 is 0.963 bits per heavy atom. The Kier molecular flexibility index (Phi) is 4.71. The first kappa shape index (κ1) is 17.0. The fourth-order valence-electron chi connectivity index (χ4n) is 3.12. The number of fused-ring (bicyclic) bond motifs is 1. The normalized spacial score (nSPS) is 10.9. The van der Waals surface area contributed by atoms with Crippen molar-refractivity contribution in [1.82, 2.24) is 9.97 Å².